The lowest BCUT2D eigenvalue weighted by Crippen LogP contribution is -2.43. The van der Waals surface area contributed by atoms with Gasteiger partial charge in [-0.3, -0.25) is 9.36 Å². The normalized spacial score (nSPS) is 17.7. The van der Waals surface area contributed by atoms with Gasteiger partial charge in [-0.1, -0.05) is 26.0 Å². The molecule has 1 aromatic carbocycles. The van der Waals surface area contributed by atoms with Crippen molar-refractivity contribution in [1.29, 1.82) is 0 Å². The van der Waals surface area contributed by atoms with Crippen molar-refractivity contribution in [3.8, 4) is 11.4 Å². The van der Waals surface area contributed by atoms with E-state index in [0.29, 0.717) is 36.8 Å². The Labute approximate surface area is 135 Å². The second-order valence-electron chi connectivity index (χ2n) is 6.29. The highest BCUT2D eigenvalue weighted by Crippen LogP contribution is 2.32. The molecular weight excluding hydrogens is 295 g/mol. The molecule has 3 rings (SSSR count). The minimum atomic E-state index is -0.372. The maximum Gasteiger partial charge on any atom is 0.246 e. The highest BCUT2D eigenvalue weighted by atomic mass is 19.1. The smallest absolute Gasteiger partial charge is 0.246 e. The Morgan fingerprint density at radius 3 is 2.70 bits per heavy atom. The van der Waals surface area contributed by atoms with E-state index in [1.807, 2.05) is 11.5 Å². The van der Waals surface area contributed by atoms with E-state index in [4.69, 9.17) is 0 Å². The van der Waals surface area contributed by atoms with E-state index < -0.39 is 0 Å². The van der Waals surface area contributed by atoms with Gasteiger partial charge in [0.1, 0.15) is 11.9 Å². The van der Waals surface area contributed by atoms with Crippen LogP contribution < -0.4 is 0 Å². The van der Waals surface area contributed by atoms with Gasteiger partial charge in [-0.25, -0.2) is 4.39 Å². The third-order valence-electron chi connectivity index (χ3n) is 4.20. The van der Waals surface area contributed by atoms with Gasteiger partial charge in [-0.2, -0.15) is 0 Å². The molecular formula is C17H21FN4O. The Balaban J connectivity index is 2.13. The second kappa shape index (κ2) is 6.10. The molecule has 0 aliphatic carbocycles. The van der Waals surface area contributed by atoms with E-state index in [1.165, 1.54) is 6.07 Å². The second-order valence-corrected chi connectivity index (χ2v) is 6.29. The maximum absolute atomic E-state index is 14.2. The van der Waals surface area contributed by atoms with Crippen molar-refractivity contribution >= 4 is 5.91 Å². The average molecular weight is 316 g/mol. The summed E-state index contributed by atoms with van der Waals surface area (Å²) in [6.07, 6.45) is 0.682. The number of halogens is 1. The van der Waals surface area contributed by atoms with Crippen molar-refractivity contribution in [2.24, 2.45) is 5.92 Å². The van der Waals surface area contributed by atoms with Crippen molar-refractivity contribution < 1.29 is 9.18 Å². The van der Waals surface area contributed by atoms with Crippen LogP contribution in [0.4, 0.5) is 4.39 Å². The van der Waals surface area contributed by atoms with Crippen molar-refractivity contribution in [3.63, 3.8) is 0 Å². The van der Waals surface area contributed by atoms with E-state index >= 15 is 0 Å². The molecule has 1 aromatic heterocycles. The molecule has 5 nitrogen and oxygen atoms in total. The van der Waals surface area contributed by atoms with Crippen LogP contribution in [-0.2, 0) is 11.3 Å². The average Bonchev–Trinajstić information content (AvgIpc) is 2.93. The number of rotatable bonds is 4. The van der Waals surface area contributed by atoms with Crippen molar-refractivity contribution in [1.82, 2.24) is 19.7 Å². The van der Waals surface area contributed by atoms with Crippen LogP contribution in [0.25, 0.3) is 11.4 Å². The third-order valence-corrected chi connectivity index (χ3v) is 4.20. The van der Waals surface area contributed by atoms with Crippen LogP contribution in [-0.4, -0.2) is 32.1 Å². The molecule has 23 heavy (non-hydrogen) atoms. The van der Waals surface area contributed by atoms with E-state index in [2.05, 4.69) is 24.0 Å². The first-order chi connectivity index (χ1) is 11.0. The third kappa shape index (κ3) is 2.73. The van der Waals surface area contributed by atoms with Gasteiger partial charge in [0.25, 0.3) is 0 Å². The lowest BCUT2D eigenvalue weighted by atomic mass is 10.00. The van der Waals surface area contributed by atoms with Crippen LogP contribution in [0, 0.1) is 11.7 Å². The Hall–Kier alpha value is -2.24. The molecule has 1 atom stereocenters. The summed E-state index contributed by atoms with van der Waals surface area (Å²) in [4.78, 5) is 14.6. The van der Waals surface area contributed by atoms with Crippen LogP contribution in [0.1, 0.15) is 39.1 Å². The number of likely N-dealkylation sites (N-methyl/N-ethyl adjacent to an activating group) is 1. The quantitative estimate of drug-likeness (QED) is 0.871. The summed E-state index contributed by atoms with van der Waals surface area (Å²) in [6.45, 7) is 7.16. The first kappa shape index (κ1) is 15.6. The van der Waals surface area contributed by atoms with Crippen molar-refractivity contribution in [3.05, 3.63) is 35.9 Å². The number of carbonyl (C=O) groups is 1. The van der Waals surface area contributed by atoms with Crippen molar-refractivity contribution in [2.75, 3.05) is 6.54 Å². The molecule has 6 heteroatoms. The van der Waals surface area contributed by atoms with Gasteiger partial charge in [0, 0.05) is 6.54 Å². The molecule has 0 saturated heterocycles. The lowest BCUT2D eigenvalue weighted by Gasteiger charge is -2.34. The minimum Gasteiger partial charge on any atom is -0.334 e. The molecule has 0 bridgehead atoms. The van der Waals surface area contributed by atoms with Crippen LogP contribution in [0.15, 0.2) is 24.3 Å². The zero-order valence-electron chi connectivity index (χ0n) is 13.7. The predicted molar refractivity (Wildman–Crippen MR) is 85.0 cm³/mol. The zero-order chi connectivity index (χ0) is 16.6. The Kier molecular flexibility index (Phi) is 4.15. The number of benzene rings is 1. The Morgan fingerprint density at radius 1 is 1.30 bits per heavy atom. The van der Waals surface area contributed by atoms with Crippen LogP contribution in [0.5, 0.6) is 0 Å². The van der Waals surface area contributed by atoms with Gasteiger partial charge in [0.05, 0.1) is 12.1 Å². The van der Waals surface area contributed by atoms with Gasteiger partial charge < -0.3 is 4.90 Å². The number of aromatic nitrogens is 3. The number of fused-ring (bicyclic) bond motifs is 1. The molecule has 0 N–H and O–H groups in total. The number of carbonyl (C=O) groups excluding carboxylic acids is 1. The van der Waals surface area contributed by atoms with Gasteiger partial charge in [0.2, 0.25) is 5.91 Å². The monoisotopic (exact) mass is 316 g/mol. The minimum absolute atomic E-state index is 0.0612. The summed E-state index contributed by atoms with van der Waals surface area (Å²) in [5, 5.41) is 8.40. The SMILES string of the molecule is CCN1Cc2nnc(-c3ccccc3F)n2[C@@H](CC(C)C)C1=O. The van der Waals surface area contributed by atoms with Gasteiger partial charge in [-0.15, -0.1) is 10.2 Å². The van der Waals surface area contributed by atoms with Crippen molar-refractivity contribution in [2.45, 2.75) is 39.8 Å². The molecule has 1 aliphatic rings. The number of nitrogens with zero attached hydrogens (tertiary/aromatic N) is 4. The standard InChI is InChI=1S/C17H21FN4O/c1-4-21-10-15-19-20-16(12-7-5-6-8-13(12)18)22(15)14(17(21)23)9-11(2)3/h5-8,11,14H,4,9-10H2,1-3H3/t14-/m0/s1. The summed E-state index contributed by atoms with van der Waals surface area (Å²) in [5.74, 6) is 1.20. The molecule has 1 aliphatic heterocycles. The fourth-order valence-electron chi connectivity index (χ4n) is 3.08. The lowest BCUT2D eigenvalue weighted by molar-refractivity contribution is -0.137. The number of amides is 1. The van der Waals surface area contributed by atoms with Crippen LogP contribution in [0.2, 0.25) is 0 Å². The first-order valence-electron chi connectivity index (χ1n) is 8.00. The zero-order valence-corrected chi connectivity index (χ0v) is 13.7. The summed E-state index contributed by atoms with van der Waals surface area (Å²) >= 11 is 0. The first-order valence-corrected chi connectivity index (χ1v) is 8.00. The van der Waals surface area contributed by atoms with Crippen LogP contribution in [0.3, 0.4) is 0 Å². The molecule has 0 radical (unpaired) electrons. The van der Waals surface area contributed by atoms with E-state index in [0.717, 1.165) is 5.82 Å². The summed E-state index contributed by atoms with van der Waals surface area (Å²) in [5.41, 5.74) is 0.387. The summed E-state index contributed by atoms with van der Waals surface area (Å²) in [7, 11) is 0. The van der Waals surface area contributed by atoms with E-state index in [-0.39, 0.29) is 17.8 Å². The Bertz CT molecular complexity index is 725. The topological polar surface area (TPSA) is 51.0 Å². The highest BCUT2D eigenvalue weighted by molar-refractivity contribution is 5.82. The number of hydrogen-bond acceptors (Lipinski definition) is 3. The molecule has 2 heterocycles. The summed E-state index contributed by atoms with van der Waals surface area (Å²) in [6, 6.07) is 6.11. The molecule has 0 saturated carbocycles. The molecule has 0 spiro atoms. The van der Waals surface area contributed by atoms with E-state index in [9.17, 15) is 9.18 Å². The van der Waals surface area contributed by atoms with Crippen LogP contribution >= 0.6 is 0 Å². The molecule has 2 aromatic rings. The fraction of sp³-hybridized carbons (Fsp3) is 0.471. The Morgan fingerprint density at radius 2 is 2.04 bits per heavy atom. The van der Waals surface area contributed by atoms with Gasteiger partial charge in [0.15, 0.2) is 11.6 Å². The highest BCUT2D eigenvalue weighted by Gasteiger charge is 2.36. The molecule has 1 amide bonds. The summed E-state index contributed by atoms with van der Waals surface area (Å²) < 4.78 is 16.0. The molecule has 0 fully saturated rings. The van der Waals surface area contributed by atoms with E-state index in [1.54, 1.807) is 23.1 Å². The maximum atomic E-state index is 14.2. The van der Waals surface area contributed by atoms with Gasteiger partial charge >= 0.3 is 0 Å². The molecule has 122 valence electrons. The predicted octanol–water partition coefficient (Wildman–Crippen LogP) is 3.03. The number of hydrogen-bond donors (Lipinski definition) is 0. The molecule has 0 unspecified atom stereocenters. The van der Waals surface area contributed by atoms with Gasteiger partial charge in [-0.05, 0) is 31.4 Å². The fourth-order valence-corrected chi connectivity index (χ4v) is 3.08. The largest absolute Gasteiger partial charge is 0.334 e.